The Balaban J connectivity index is 1.58. The highest BCUT2D eigenvalue weighted by molar-refractivity contribution is 5.76. The quantitative estimate of drug-likeness (QED) is 0.549. The lowest BCUT2D eigenvalue weighted by molar-refractivity contribution is 0.215. The van der Waals surface area contributed by atoms with Crippen molar-refractivity contribution in [3.63, 3.8) is 0 Å². The molecule has 154 valence electrons. The molecular weight excluding hydrogens is 382 g/mol. The van der Waals surface area contributed by atoms with Crippen LogP contribution in [0.15, 0.2) is 36.7 Å². The largest absolute Gasteiger partial charge is 0.496 e. The number of aromatic amines is 1. The number of ether oxygens (including phenoxy) is 2. The first-order chi connectivity index (χ1) is 14.8. The number of nitrogens with zero attached hydrogens (tertiary/aromatic N) is 4. The van der Waals surface area contributed by atoms with Gasteiger partial charge in [0.15, 0.2) is 17.3 Å². The number of anilines is 2. The minimum absolute atomic E-state index is 0.199. The monoisotopic (exact) mass is 405 g/mol. The fraction of sp³-hybridized carbons (Fsp3) is 0.333. The van der Waals surface area contributed by atoms with Gasteiger partial charge in [0.05, 0.1) is 25.0 Å². The molecule has 1 aliphatic rings. The third-order valence-electron chi connectivity index (χ3n) is 5.04. The van der Waals surface area contributed by atoms with Gasteiger partial charge in [0.25, 0.3) is 0 Å². The van der Waals surface area contributed by atoms with E-state index in [1.807, 2.05) is 30.3 Å². The Labute approximate surface area is 174 Å². The van der Waals surface area contributed by atoms with E-state index >= 15 is 0 Å². The van der Waals surface area contributed by atoms with Crippen LogP contribution >= 0.6 is 0 Å². The fourth-order valence-corrected chi connectivity index (χ4v) is 3.47. The third-order valence-corrected chi connectivity index (χ3v) is 5.04. The van der Waals surface area contributed by atoms with Crippen molar-refractivity contribution in [3.05, 3.63) is 42.4 Å². The van der Waals surface area contributed by atoms with Gasteiger partial charge in [-0.15, -0.1) is 0 Å². The van der Waals surface area contributed by atoms with Crippen molar-refractivity contribution in [3.8, 4) is 28.8 Å². The van der Waals surface area contributed by atoms with Crippen LogP contribution in [0.5, 0.6) is 11.5 Å². The van der Waals surface area contributed by atoms with Gasteiger partial charge >= 0.3 is 0 Å². The lowest BCUT2D eigenvalue weighted by atomic mass is 9.99. The molecule has 3 heterocycles. The van der Waals surface area contributed by atoms with Crippen molar-refractivity contribution in [2.24, 2.45) is 5.92 Å². The summed E-state index contributed by atoms with van der Waals surface area (Å²) in [6.07, 6.45) is 5.21. The van der Waals surface area contributed by atoms with Crippen LogP contribution in [-0.4, -0.2) is 47.0 Å². The summed E-state index contributed by atoms with van der Waals surface area (Å²) in [4.78, 5) is 8.15. The van der Waals surface area contributed by atoms with E-state index in [4.69, 9.17) is 9.47 Å². The lowest BCUT2D eigenvalue weighted by Crippen LogP contribution is -2.30. The van der Waals surface area contributed by atoms with Gasteiger partial charge in [0.2, 0.25) is 0 Å². The summed E-state index contributed by atoms with van der Waals surface area (Å²) in [7, 11) is 1.63. The standard InChI is InChI=1S/C21H23N7O2/c1-29-17-3-2-4-18(30-13-14-5-7-23-8-6-14)20(17)15-11-19(28-27-15)26-21-16(12-22)24-9-10-25-21/h2-4,9-11,14,23H,5-8,13H2,1H3,(H2,25,26,27,28). The van der Waals surface area contributed by atoms with E-state index in [1.54, 1.807) is 7.11 Å². The van der Waals surface area contributed by atoms with Gasteiger partial charge in [-0.05, 0) is 44.0 Å². The number of H-pyrrole nitrogens is 1. The van der Waals surface area contributed by atoms with Crippen LogP contribution in [0.25, 0.3) is 11.3 Å². The summed E-state index contributed by atoms with van der Waals surface area (Å²) in [5.41, 5.74) is 1.73. The second-order valence-corrected chi connectivity index (χ2v) is 7.00. The molecule has 9 heteroatoms. The molecule has 0 amide bonds. The first kappa shape index (κ1) is 19.7. The van der Waals surface area contributed by atoms with Crippen molar-refractivity contribution >= 4 is 11.6 Å². The fourth-order valence-electron chi connectivity index (χ4n) is 3.47. The van der Waals surface area contributed by atoms with Crippen LogP contribution in [0.4, 0.5) is 11.6 Å². The second-order valence-electron chi connectivity index (χ2n) is 7.00. The van der Waals surface area contributed by atoms with Crippen LogP contribution in [0, 0.1) is 17.2 Å². The number of methoxy groups -OCH3 is 1. The summed E-state index contributed by atoms with van der Waals surface area (Å²) in [6.45, 7) is 2.72. The van der Waals surface area contributed by atoms with Crippen molar-refractivity contribution in [1.82, 2.24) is 25.5 Å². The van der Waals surface area contributed by atoms with E-state index in [-0.39, 0.29) is 5.69 Å². The van der Waals surface area contributed by atoms with Crippen molar-refractivity contribution < 1.29 is 9.47 Å². The molecule has 0 bridgehead atoms. The molecule has 30 heavy (non-hydrogen) atoms. The Morgan fingerprint density at radius 3 is 2.80 bits per heavy atom. The van der Waals surface area contributed by atoms with E-state index in [0.717, 1.165) is 42.9 Å². The minimum atomic E-state index is 0.199. The molecule has 1 fully saturated rings. The zero-order valence-electron chi connectivity index (χ0n) is 16.7. The van der Waals surface area contributed by atoms with Crippen molar-refractivity contribution in [1.29, 1.82) is 5.26 Å². The Kier molecular flexibility index (Phi) is 6.06. The first-order valence-corrected chi connectivity index (χ1v) is 9.83. The maximum absolute atomic E-state index is 9.19. The smallest absolute Gasteiger partial charge is 0.183 e. The molecule has 3 N–H and O–H groups in total. The molecule has 4 rings (SSSR count). The van der Waals surface area contributed by atoms with Crippen molar-refractivity contribution in [2.75, 3.05) is 32.1 Å². The van der Waals surface area contributed by atoms with Gasteiger partial charge in [0, 0.05) is 18.5 Å². The maximum Gasteiger partial charge on any atom is 0.183 e. The summed E-state index contributed by atoms with van der Waals surface area (Å²) < 4.78 is 11.8. The second kappa shape index (κ2) is 9.24. The zero-order chi connectivity index (χ0) is 20.8. The van der Waals surface area contributed by atoms with Crippen LogP contribution in [0.2, 0.25) is 0 Å². The lowest BCUT2D eigenvalue weighted by Gasteiger charge is -2.23. The number of aromatic nitrogens is 4. The highest BCUT2D eigenvalue weighted by Gasteiger charge is 2.19. The molecule has 0 aliphatic carbocycles. The van der Waals surface area contributed by atoms with E-state index < -0.39 is 0 Å². The highest BCUT2D eigenvalue weighted by Crippen LogP contribution is 2.38. The average Bonchev–Trinajstić information content (AvgIpc) is 3.26. The average molecular weight is 405 g/mol. The predicted octanol–water partition coefficient (Wildman–Crippen LogP) is 2.87. The normalized spacial score (nSPS) is 14.1. The molecule has 1 aromatic carbocycles. The summed E-state index contributed by atoms with van der Waals surface area (Å²) in [6, 6.07) is 9.57. The van der Waals surface area contributed by atoms with Gasteiger partial charge in [-0.3, -0.25) is 5.10 Å². The molecule has 2 aromatic heterocycles. The molecule has 0 atom stereocenters. The number of hydrogen-bond donors (Lipinski definition) is 3. The number of nitrogens with one attached hydrogen (secondary N) is 3. The Hall–Kier alpha value is -3.64. The molecular formula is C21H23N7O2. The summed E-state index contributed by atoms with van der Waals surface area (Å²) in [5.74, 6) is 2.81. The van der Waals surface area contributed by atoms with Gasteiger partial charge in [-0.2, -0.15) is 10.4 Å². The Bertz CT molecular complexity index is 1040. The van der Waals surface area contributed by atoms with E-state index in [1.165, 1.54) is 12.4 Å². The number of hydrogen-bond acceptors (Lipinski definition) is 8. The molecule has 0 radical (unpaired) electrons. The first-order valence-electron chi connectivity index (χ1n) is 9.83. The topological polar surface area (TPSA) is 121 Å². The van der Waals surface area contributed by atoms with Gasteiger partial charge in [0.1, 0.15) is 17.6 Å². The SMILES string of the molecule is COc1cccc(OCC2CCNCC2)c1-c1cc(Nc2nccnc2C#N)n[nH]1. The number of nitriles is 1. The van der Waals surface area contributed by atoms with Crippen LogP contribution < -0.4 is 20.1 Å². The molecule has 0 unspecified atom stereocenters. The third kappa shape index (κ3) is 4.34. The van der Waals surface area contributed by atoms with E-state index in [0.29, 0.717) is 29.9 Å². The van der Waals surface area contributed by atoms with E-state index in [2.05, 4.69) is 30.8 Å². The zero-order valence-corrected chi connectivity index (χ0v) is 16.7. The number of rotatable bonds is 7. The van der Waals surface area contributed by atoms with Crippen LogP contribution in [-0.2, 0) is 0 Å². The van der Waals surface area contributed by atoms with Crippen molar-refractivity contribution in [2.45, 2.75) is 12.8 Å². The number of benzene rings is 1. The molecule has 0 saturated carbocycles. The maximum atomic E-state index is 9.19. The molecule has 3 aromatic rings. The van der Waals surface area contributed by atoms with E-state index in [9.17, 15) is 5.26 Å². The number of piperidine rings is 1. The van der Waals surface area contributed by atoms with Gasteiger partial charge in [-0.1, -0.05) is 6.07 Å². The summed E-state index contributed by atoms with van der Waals surface area (Å²) >= 11 is 0. The minimum Gasteiger partial charge on any atom is -0.496 e. The predicted molar refractivity (Wildman–Crippen MR) is 112 cm³/mol. The summed E-state index contributed by atoms with van der Waals surface area (Å²) in [5, 5.41) is 22.9. The molecule has 1 aliphatic heterocycles. The van der Waals surface area contributed by atoms with Gasteiger partial charge < -0.3 is 20.1 Å². The molecule has 9 nitrogen and oxygen atoms in total. The highest BCUT2D eigenvalue weighted by atomic mass is 16.5. The van der Waals surface area contributed by atoms with Crippen LogP contribution in [0.3, 0.4) is 0 Å². The van der Waals surface area contributed by atoms with Crippen LogP contribution in [0.1, 0.15) is 18.5 Å². The Morgan fingerprint density at radius 1 is 1.20 bits per heavy atom. The molecule has 0 spiro atoms. The Morgan fingerprint density at radius 2 is 2.00 bits per heavy atom. The molecule has 1 saturated heterocycles. The van der Waals surface area contributed by atoms with Gasteiger partial charge in [-0.25, -0.2) is 9.97 Å².